The average Bonchev–Trinajstić information content (AvgIpc) is 3.14. The van der Waals surface area contributed by atoms with Crippen molar-refractivity contribution in [2.75, 3.05) is 23.4 Å². The van der Waals surface area contributed by atoms with Gasteiger partial charge < -0.3 is 10.0 Å². The Balaban J connectivity index is 1.67. The smallest absolute Gasteiger partial charge is 0.203 e. The van der Waals surface area contributed by atoms with Gasteiger partial charge in [-0.3, -0.25) is 5.43 Å². The van der Waals surface area contributed by atoms with Crippen molar-refractivity contribution >= 4 is 28.4 Å². The summed E-state index contributed by atoms with van der Waals surface area (Å²) >= 11 is 1.49. The van der Waals surface area contributed by atoms with E-state index in [1.165, 1.54) is 11.3 Å². The van der Waals surface area contributed by atoms with Crippen LogP contribution in [0.3, 0.4) is 0 Å². The summed E-state index contributed by atoms with van der Waals surface area (Å²) in [4.78, 5) is 6.70. The fraction of sp³-hybridized carbons (Fsp3) is 0.200. The van der Waals surface area contributed by atoms with Crippen molar-refractivity contribution in [2.24, 2.45) is 5.10 Å². The quantitative estimate of drug-likeness (QED) is 0.465. The molecule has 0 aliphatic carbocycles. The van der Waals surface area contributed by atoms with Crippen LogP contribution in [-0.2, 0) is 0 Å². The molecule has 0 amide bonds. The summed E-state index contributed by atoms with van der Waals surface area (Å²) in [5, 5.41) is 17.1. The highest BCUT2D eigenvalue weighted by atomic mass is 32.1. The molecule has 3 rings (SSSR count). The predicted molar refractivity (Wildman–Crippen MR) is 110 cm³/mol. The van der Waals surface area contributed by atoms with Crippen molar-refractivity contribution in [3.8, 4) is 17.0 Å². The van der Waals surface area contributed by atoms with Gasteiger partial charge in [0.2, 0.25) is 5.13 Å². The van der Waals surface area contributed by atoms with Crippen molar-refractivity contribution in [1.29, 1.82) is 0 Å². The van der Waals surface area contributed by atoms with E-state index < -0.39 is 0 Å². The number of benzene rings is 2. The Kier molecular flexibility index (Phi) is 5.86. The zero-order valence-electron chi connectivity index (χ0n) is 14.9. The van der Waals surface area contributed by atoms with E-state index in [9.17, 15) is 5.11 Å². The minimum absolute atomic E-state index is 0.212. The number of hydrazone groups is 1. The summed E-state index contributed by atoms with van der Waals surface area (Å²) in [7, 11) is 0. The van der Waals surface area contributed by atoms with E-state index in [1.54, 1.807) is 12.3 Å². The molecule has 0 fully saturated rings. The zero-order chi connectivity index (χ0) is 18.4. The normalized spacial score (nSPS) is 11.0. The number of hydrogen-bond donors (Lipinski definition) is 2. The molecule has 5 nitrogen and oxygen atoms in total. The second-order valence-corrected chi connectivity index (χ2v) is 6.55. The molecule has 0 saturated heterocycles. The Morgan fingerprint density at radius 2 is 1.92 bits per heavy atom. The van der Waals surface area contributed by atoms with Crippen molar-refractivity contribution in [1.82, 2.24) is 4.98 Å². The highest BCUT2D eigenvalue weighted by molar-refractivity contribution is 7.14. The number of phenols is 1. The van der Waals surface area contributed by atoms with Gasteiger partial charge in [-0.05, 0) is 26.0 Å². The maximum atomic E-state index is 10.2. The van der Waals surface area contributed by atoms with Crippen LogP contribution in [0.2, 0.25) is 0 Å². The van der Waals surface area contributed by atoms with Gasteiger partial charge in [-0.15, -0.1) is 11.3 Å². The number of thiazole rings is 1. The summed E-state index contributed by atoms with van der Waals surface area (Å²) in [5.41, 5.74) is 6.58. The van der Waals surface area contributed by atoms with Gasteiger partial charge in [-0.25, -0.2) is 4.98 Å². The van der Waals surface area contributed by atoms with E-state index in [-0.39, 0.29) is 5.75 Å². The molecule has 134 valence electrons. The fourth-order valence-electron chi connectivity index (χ4n) is 2.65. The third-order valence-corrected chi connectivity index (χ3v) is 4.83. The molecule has 0 aliphatic rings. The van der Waals surface area contributed by atoms with Crippen LogP contribution in [0.25, 0.3) is 11.3 Å². The molecule has 0 atom stereocenters. The van der Waals surface area contributed by atoms with Crippen molar-refractivity contribution in [3.05, 3.63) is 59.5 Å². The molecule has 1 heterocycles. The van der Waals surface area contributed by atoms with Gasteiger partial charge in [-0.2, -0.15) is 5.10 Å². The Hall–Kier alpha value is -2.86. The fourth-order valence-corrected chi connectivity index (χ4v) is 3.32. The SMILES string of the molecule is CCN(CC)c1ccc(C=NNc2nc(-c3ccccc3)cs2)c(O)c1. The van der Waals surface area contributed by atoms with E-state index in [0.29, 0.717) is 10.7 Å². The molecule has 0 unspecified atom stereocenters. The summed E-state index contributed by atoms with van der Waals surface area (Å²) in [6.45, 7) is 5.99. The Morgan fingerprint density at radius 1 is 1.15 bits per heavy atom. The lowest BCUT2D eigenvalue weighted by atomic mass is 10.2. The van der Waals surface area contributed by atoms with Gasteiger partial charge in [-0.1, -0.05) is 30.3 Å². The third-order valence-electron chi connectivity index (χ3n) is 4.08. The highest BCUT2D eigenvalue weighted by Gasteiger charge is 2.06. The first-order valence-electron chi connectivity index (χ1n) is 8.59. The van der Waals surface area contributed by atoms with Crippen molar-refractivity contribution in [2.45, 2.75) is 13.8 Å². The zero-order valence-corrected chi connectivity index (χ0v) is 15.7. The highest BCUT2D eigenvalue weighted by Crippen LogP contribution is 2.25. The van der Waals surface area contributed by atoms with Gasteiger partial charge in [0.25, 0.3) is 0 Å². The van der Waals surface area contributed by atoms with Crippen LogP contribution in [-0.4, -0.2) is 29.4 Å². The minimum atomic E-state index is 0.212. The van der Waals surface area contributed by atoms with E-state index >= 15 is 0 Å². The maximum absolute atomic E-state index is 10.2. The molecule has 0 radical (unpaired) electrons. The van der Waals surface area contributed by atoms with Crippen LogP contribution in [0.15, 0.2) is 59.0 Å². The number of aromatic hydroxyl groups is 1. The molecule has 26 heavy (non-hydrogen) atoms. The molecule has 2 aromatic carbocycles. The molecule has 0 bridgehead atoms. The van der Waals surface area contributed by atoms with Crippen molar-refractivity contribution in [3.63, 3.8) is 0 Å². The Bertz CT molecular complexity index is 873. The van der Waals surface area contributed by atoms with Crippen LogP contribution in [0.4, 0.5) is 10.8 Å². The van der Waals surface area contributed by atoms with Crippen molar-refractivity contribution < 1.29 is 5.11 Å². The van der Waals surface area contributed by atoms with Crippen LogP contribution in [0, 0.1) is 0 Å². The maximum Gasteiger partial charge on any atom is 0.203 e. The average molecular weight is 366 g/mol. The standard InChI is InChI=1S/C20H22N4OS/c1-3-24(4-2)17-11-10-16(19(25)12-17)13-21-23-20-22-18(14-26-20)15-8-6-5-7-9-15/h5-14,25H,3-4H2,1-2H3,(H,22,23). The molecular formula is C20H22N4OS. The first kappa shape index (κ1) is 17.9. The summed E-state index contributed by atoms with van der Waals surface area (Å²) in [6, 6.07) is 15.6. The lowest BCUT2D eigenvalue weighted by Crippen LogP contribution is -2.21. The second-order valence-electron chi connectivity index (χ2n) is 5.69. The lowest BCUT2D eigenvalue weighted by Gasteiger charge is -2.21. The number of hydrogen-bond acceptors (Lipinski definition) is 6. The summed E-state index contributed by atoms with van der Waals surface area (Å²) in [6.07, 6.45) is 1.60. The van der Waals surface area contributed by atoms with Gasteiger partial charge in [0.05, 0.1) is 11.9 Å². The molecule has 0 saturated carbocycles. The predicted octanol–water partition coefficient (Wildman–Crippen LogP) is 4.81. The molecule has 1 aromatic heterocycles. The van der Waals surface area contributed by atoms with Crippen LogP contribution >= 0.6 is 11.3 Å². The molecule has 3 aromatic rings. The lowest BCUT2D eigenvalue weighted by molar-refractivity contribution is 0.474. The number of nitrogens with one attached hydrogen (secondary N) is 1. The Labute approximate surface area is 157 Å². The van der Waals surface area contributed by atoms with Gasteiger partial charge in [0, 0.05) is 41.4 Å². The van der Waals surface area contributed by atoms with E-state index in [0.717, 1.165) is 30.0 Å². The number of anilines is 2. The number of nitrogens with zero attached hydrogens (tertiary/aromatic N) is 3. The van der Waals surface area contributed by atoms with Gasteiger partial charge in [0.1, 0.15) is 5.75 Å². The van der Waals surface area contributed by atoms with E-state index in [4.69, 9.17) is 0 Å². The Morgan fingerprint density at radius 3 is 2.62 bits per heavy atom. The van der Waals surface area contributed by atoms with Crippen LogP contribution < -0.4 is 10.3 Å². The van der Waals surface area contributed by atoms with Gasteiger partial charge >= 0.3 is 0 Å². The molecule has 2 N–H and O–H groups in total. The monoisotopic (exact) mass is 366 g/mol. The first-order valence-corrected chi connectivity index (χ1v) is 9.47. The molecule has 0 aliphatic heterocycles. The van der Waals surface area contributed by atoms with Crippen LogP contribution in [0.5, 0.6) is 5.75 Å². The first-order chi connectivity index (χ1) is 12.7. The summed E-state index contributed by atoms with van der Waals surface area (Å²) < 4.78 is 0. The molecular weight excluding hydrogens is 344 g/mol. The summed E-state index contributed by atoms with van der Waals surface area (Å²) in [5.74, 6) is 0.212. The molecule has 0 spiro atoms. The largest absolute Gasteiger partial charge is 0.507 e. The number of aromatic nitrogens is 1. The second kappa shape index (κ2) is 8.49. The molecule has 6 heteroatoms. The van der Waals surface area contributed by atoms with Gasteiger partial charge in [0.15, 0.2) is 0 Å². The number of rotatable bonds is 7. The van der Waals surface area contributed by atoms with E-state index in [1.807, 2.05) is 47.8 Å². The number of phenolic OH excluding ortho intramolecular Hbond substituents is 1. The van der Waals surface area contributed by atoms with E-state index in [2.05, 4.69) is 34.3 Å². The minimum Gasteiger partial charge on any atom is -0.507 e. The topological polar surface area (TPSA) is 60.8 Å². The van der Waals surface area contributed by atoms with Crippen LogP contribution in [0.1, 0.15) is 19.4 Å². The third kappa shape index (κ3) is 4.21.